The van der Waals surface area contributed by atoms with E-state index < -0.39 is 0 Å². The minimum absolute atomic E-state index is 0.0816. The van der Waals surface area contributed by atoms with Crippen LogP contribution in [0.1, 0.15) is 25.0 Å². The van der Waals surface area contributed by atoms with Crippen LogP contribution in [0.4, 0.5) is 0 Å². The van der Waals surface area contributed by atoms with E-state index in [1.54, 1.807) is 0 Å². The lowest BCUT2D eigenvalue weighted by Gasteiger charge is -2.22. The summed E-state index contributed by atoms with van der Waals surface area (Å²) in [4.78, 5) is 15.0. The first-order chi connectivity index (χ1) is 28.5. The fourth-order valence-corrected chi connectivity index (χ4v) is 8.86. The average Bonchev–Trinajstić information content (AvgIpc) is 3.74. The van der Waals surface area contributed by atoms with Crippen LogP contribution in [0.5, 0.6) is 0 Å². The van der Waals surface area contributed by atoms with Crippen LogP contribution in [0, 0.1) is 0 Å². The molecule has 0 amide bonds. The van der Waals surface area contributed by atoms with E-state index in [2.05, 4.69) is 176 Å². The first-order valence-corrected chi connectivity index (χ1v) is 19.9. The summed E-state index contributed by atoms with van der Waals surface area (Å²) in [6.45, 7) is 4.69. The molecule has 10 aromatic rings. The van der Waals surface area contributed by atoms with Gasteiger partial charge >= 0.3 is 0 Å². The van der Waals surface area contributed by atoms with Crippen LogP contribution in [-0.2, 0) is 5.41 Å². The molecule has 58 heavy (non-hydrogen) atoms. The first-order valence-electron chi connectivity index (χ1n) is 19.9. The summed E-state index contributed by atoms with van der Waals surface area (Å²) < 4.78 is 2.44. The SMILES string of the molecule is CC1(C)c2ccccc2-c2ccc(-n3c4ccccc4c4ccc(-c5ccc(-c6nc(-c7ccccc7)nc(-c7ccc(-c8ccccc8)cc7)n6)cc5)cc43)cc21. The van der Waals surface area contributed by atoms with E-state index in [1.807, 2.05) is 36.4 Å². The summed E-state index contributed by atoms with van der Waals surface area (Å²) >= 11 is 0. The second-order valence-electron chi connectivity index (χ2n) is 15.7. The lowest BCUT2D eigenvalue weighted by Crippen LogP contribution is -2.15. The fourth-order valence-electron chi connectivity index (χ4n) is 8.86. The van der Waals surface area contributed by atoms with Crippen molar-refractivity contribution in [3.05, 3.63) is 205 Å². The number of para-hydroxylation sites is 1. The van der Waals surface area contributed by atoms with Gasteiger partial charge in [0.1, 0.15) is 0 Å². The standard InChI is InChI=1S/C54H38N4/c1-54(2)47-19-11-9-17-43(47)44-32-30-42(34-48(44)54)58-49-20-12-10-18-45(49)46-31-29-41(33-50(46)58)37-23-27-40(28-24-37)53-56-51(38-15-7-4-8-16-38)55-52(57-53)39-25-21-36(22-26-39)35-13-5-3-6-14-35/h3-34H,1-2H3. The summed E-state index contributed by atoms with van der Waals surface area (Å²) in [5.74, 6) is 1.93. The molecule has 0 saturated carbocycles. The molecule has 0 saturated heterocycles. The van der Waals surface area contributed by atoms with Crippen LogP contribution in [-0.4, -0.2) is 19.5 Å². The van der Waals surface area contributed by atoms with Gasteiger partial charge in [0.05, 0.1) is 11.0 Å². The number of nitrogens with zero attached hydrogens (tertiary/aromatic N) is 4. The highest BCUT2D eigenvalue weighted by molar-refractivity contribution is 6.10. The predicted octanol–water partition coefficient (Wildman–Crippen LogP) is 13.6. The van der Waals surface area contributed by atoms with Gasteiger partial charge in [0, 0.05) is 38.6 Å². The maximum atomic E-state index is 5.04. The molecule has 0 radical (unpaired) electrons. The van der Waals surface area contributed by atoms with Gasteiger partial charge in [0.2, 0.25) is 0 Å². The maximum absolute atomic E-state index is 5.04. The smallest absolute Gasteiger partial charge is 0.164 e. The highest BCUT2D eigenvalue weighted by atomic mass is 15.0. The number of benzene rings is 8. The van der Waals surface area contributed by atoms with Gasteiger partial charge in [0.15, 0.2) is 17.5 Å². The molecule has 2 aromatic heterocycles. The molecule has 0 spiro atoms. The van der Waals surface area contributed by atoms with E-state index in [9.17, 15) is 0 Å². The van der Waals surface area contributed by atoms with Crippen molar-refractivity contribution in [2.75, 3.05) is 0 Å². The zero-order chi connectivity index (χ0) is 38.8. The van der Waals surface area contributed by atoms with Gasteiger partial charge in [-0.05, 0) is 68.8 Å². The topological polar surface area (TPSA) is 43.6 Å². The normalized spacial score (nSPS) is 12.8. The minimum Gasteiger partial charge on any atom is -0.309 e. The van der Waals surface area contributed by atoms with Crippen molar-refractivity contribution in [1.82, 2.24) is 19.5 Å². The predicted molar refractivity (Wildman–Crippen MR) is 239 cm³/mol. The molecule has 1 aliphatic carbocycles. The van der Waals surface area contributed by atoms with Crippen molar-refractivity contribution in [2.24, 2.45) is 0 Å². The van der Waals surface area contributed by atoms with Gasteiger partial charge in [0.25, 0.3) is 0 Å². The van der Waals surface area contributed by atoms with Gasteiger partial charge in [-0.15, -0.1) is 0 Å². The lowest BCUT2D eigenvalue weighted by atomic mass is 9.82. The number of fused-ring (bicyclic) bond motifs is 6. The van der Waals surface area contributed by atoms with Gasteiger partial charge in [-0.1, -0.05) is 184 Å². The highest BCUT2D eigenvalue weighted by Crippen LogP contribution is 2.49. The Balaban J connectivity index is 0.982. The van der Waals surface area contributed by atoms with E-state index in [-0.39, 0.29) is 5.41 Å². The zero-order valence-corrected chi connectivity index (χ0v) is 32.3. The van der Waals surface area contributed by atoms with E-state index in [1.165, 1.54) is 55.3 Å². The number of hydrogen-bond acceptors (Lipinski definition) is 3. The van der Waals surface area contributed by atoms with E-state index in [0.29, 0.717) is 17.5 Å². The summed E-state index contributed by atoms with van der Waals surface area (Å²) in [5.41, 5.74) is 16.3. The van der Waals surface area contributed by atoms with Crippen molar-refractivity contribution in [2.45, 2.75) is 19.3 Å². The summed E-state index contributed by atoms with van der Waals surface area (Å²) in [5, 5.41) is 2.49. The third-order valence-corrected chi connectivity index (χ3v) is 11.9. The molecule has 8 aromatic carbocycles. The Morgan fingerprint density at radius 1 is 0.345 bits per heavy atom. The Morgan fingerprint density at radius 2 is 0.810 bits per heavy atom. The first kappa shape index (κ1) is 33.9. The second kappa shape index (κ2) is 13.4. The number of hydrogen-bond donors (Lipinski definition) is 0. The van der Waals surface area contributed by atoms with Crippen LogP contribution in [0.15, 0.2) is 194 Å². The zero-order valence-electron chi connectivity index (χ0n) is 32.3. The second-order valence-corrected chi connectivity index (χ2v) is 15.7. The van der Waals surface area contributed by atoms with Crippen molar-refractivity contribution in [3.63, 3.8) is 0 Å². The molecule has 11 rings (SSSR count). The van der Waals surface area contributed by atoms with Gasteiger partial charge in [-0.3, -0.25) is 0 Å². The molecule has 0 bridgehead atoms. The van der Waals surface area contributed by atoms with E-state index >= 15 is 0 Å². The van der Waals surface area contributed by atoms with Gasteiger partial charge in [-0.2, -0.15) is 0 Å². The maximum Gasteiger partial charge on any atom is 0.164 e. The molecule has 0 fully saturated rings. The quantitative estimate of drug-likeness (QED) is 0.170. The Labute approximate surface area is 337 Å². The van der Waals surface area contributed by atoms with Crippen LogP contribution < -0.4 is 0 Å². The van der Waals surface area contributed by atoms with Crippen LogP contribution >= 0.6 is 0 Å². The largest absolute Gasteiger partial charge is 0.309 e. The van der Waals surface area contributed by atoms with Gasteiger partial charge < -0.3 is 4.57 Å². The monoisotopic (exact) mass is 742 g/mol. The molecule has 1 aliphatic rings. The van der Waals surface area contributed by atoms with Crippen molar-refractivity contribution < 1.29 is 0 Å². The minimum atomic E-state index is -0.0816. The Bertz CT molecular complexity index is 3160. The number of aromatic nitrogens is 4. The summed E-state index contributed by atoms with van der Waals surface area (Å²) in [6, 6.07) is 69.1. The lowest BCUT2D eigenvalue weighted by molar-refractivity contribution is 0.660. The molecule has 0 aliphatic heterocycles. The summed E-state index contributed by atoms with van der Waals surface area (Å²) in [6.07, 6.45) is 0. The number of rotatable bonds is 6. The van der Waals surface area contributed by atoms with E-state index in [0.717, 1.165) is 33.4 Å². The van der Waals surface area contributed by atoms with Crippen molar-refractivity contribution in [3.8, 4) is 73.2 Å². The Morgan fingerprint density at radius 3 is 1.48 bits per heavy atom. The van der Waals surface area contributed by atoms with Gasteiger partial charge in [-0.25, -0.2) is 15.0 Å². The Kier molecular flexibility index (Phi) is 7.80. The van der Waals surface area contributed by atoms with Crippen LogP contribution in [0.3, 0.4) is 0 Å². The third kappa shape index (κ3) is 5.56. The molecule has 4 nitrogen and oxygen atoms in total. The molecule has 0 N–H and O–H groups in total. The molecule has 2 heterocycles. The molecular formula is C54H38N4. The van der Waals surface area contributed by atoms with Crippen molar-refractivity contribution >= 4 is 21.8 Å². The molecule has 4 heteroatoms. The average molecular weight is 743 g/mol. The fraction of sp³-hybridized carbons (Fsp3) is 0.0556. The third-order valence-electron chi connectivity index (χ3n) is 11.9. The van der Waals surface area contributed by atoms with Crippen molar-refractivity contribution in [1.29, 1.82) is 0 Å². The molecule has 0 unspecified atom stereocenters. The highest BCUT2D eigenvalue weighted by Gasteiger charge is 2.35. The Hall–Kier alpha value is -7.43. The van der Waals surface area contributed by atoms with Crippen LogP contribution in [0.2, 0.25) is 0 Å². The molecule has 274 valence electrons. The molecule has 0 atom stereocenters. The van der Waals surface area contributed by atoms with Crippen LogP contribution in [0.25, 0.3) is 95.0 Å². The molecular weight excluding hydrogens is 705 g/mol. The van der Waals surface area contributed by atoms with E-state index in [4.69, 9.17) is 15.0 Å². The summed E-state index contributed by atoms with van der Waals surface area (Å²) in [7, 11) is 0.